The number of hydrogen-bond donors (Lipinski definition) is 2. The molecule has 0 amide bonds. The van der Waals surface area contributed by atoms with Crippen molar-refractivity contribution in [2.24, 2.45) is 4.99 Å². The molecule has 1 heterocycles. The number of aliphatic imine (C=N–C) groups is 1. The molecule has 0 atom stereocenters. The molecule has 0 radical (unpaired) electrons. The third-order valence-electron chi connectivity index (χ3n) is 5.67. The number of guanidine groups is 1. The summed E-state index contributed by atoms with van der Waals surface area (Å²) in [6.45, 7) is 6.55. The van der Waals surface area contributed by atoms with Crippen molar-refractivity contribution in [1.82, 2.24) is 15.5 Å². The second-order valence-corrected chi connectivity index (χ2v) is 7.50. The number of nitrogens with one attached hydrogen (secondary N) is 2. The lowest BCUT2D eigenvalue weighted by Crippen LogP contribution is -2.47. The van der Waals surface area contributed by atoms with Crippen LogP contribution in [0, 0.1) is 0 Å². The fourth-order valence-electron chi connectivity index (χ4n) is 3.99. The van der Waals surface area contributed by atoms with Gasteiger partial charge in [-0.05, 0) is 50.1 Å². The fraction of sp³-hybridized carbons (Fsp3) is 0.667. The van der Waals surface area contributed by atoms with E-state index in [2.05, 4.69) is 37.6 Å². The predicted octanol–water partition coefficient (Wildman–Crippen LogP) is 2.31. The van der Waals surface area contributed by atoms with Gasteiger partial charge in [0.1, 0.15) is 5.75 Å². The van der Waals surface area contributed by atoms with E-state index in [4.69, 9.17) is 4.74 Å². The Bertz CT molecular complexity index is 575. The number of anilines is 1. The Morgan fingerprint density at radius 2 is 1.81 bits per heavy atom. The van der Waals surface area contributed by atoms with Gasteiger partial charge >= 0.3 is 0 Å². The molecule has 1 saturated carbocycles. The summed E-state index contributed by atoms with van der Waals surface area (Å²) in [5.74, 6) is 1.88. The molecule has 1 aromatic rings. The standard InChI is InChI=1S/C21H35N5O/c1-22-21(24-18-6-3-4-7-18)23-12-5-13-25-14-16-26(17-15-25)19-8-10-20(27-2)11-9-19/h8-11,18H,3-7,12-17H2,1-2H3,(H2,22,23,24). The highest BCUT2D eigenvalue weighted by Crippen LogP contribution is 2.20. The minimum atomic E-state index is 0.613. The van der Waals surface area contributed by atoms with E-state index in [0.717, 1.165) is 57.4 Å². The van der Waals surface area contributed by atoms with Crippen LogP contribution >= 0.6 is 0 Å². The molecule has 2 N–H and O–H groups in total. The number of hydrogen-bond acceptors (Lipinski definition) is 4. The summed E-state index contributed by atoms with van der Waals surface area (Å²) in [6, 6.07) is 9.00. The van der Waals surface area contributed by atoms with Crippen LogP contribution in [-0.2, 0) is 0 Å². The molecule has 27 heavy (non-hydrogen) atoms. The van der Waals surface area contributed by atoms with E-state index in [9.17, 15) is 0 Å². The molecule has 2 fully saturated rings. The topological polar surface area (TPSA) is 52.1 Å². The number of rotatable bonds is 7. The quantitative estimate of drug-likeness (QED) is 0.436. The van der Waals surface area contributed by atoms with Crippen molar-refractivity contribution < 1.29 is 4.74 Å². The molecule has 6 nitrogen and oxygen atoms in total. The second-order valence-electron chi connectivity index (χ2n) is 7.50. The van der Waals surface area contributed by atoms with Crippen LogP contribution < -0.4 is 20.3 Å². The molecule has 0 unspecified atom stereocenters. The largest absolute Gasteiger partial charge is 0.497 e. The first-order chi connectivity index (χ1) is 13.3. The highest BCUT2D eigenvalue weighted by Gasteiger charge is 2.17. The lowest BCUT2D eigenvalue weighted by molar-refractivity contribution is 0.255. The van der Waals surface area contributed by atoms with Gasteiger partial charge in [0.25, 0.3) is 0 Å². The molecule has 0 bridgehead atoms. The van der Waals surface area contributed by atoms with Crippen LogP contribution in [0.25, 0.3) is 0 Å². The monoisotopic (exact) mass is 373 g/mol. The van der Waals surface area contributed by atoms with Gasteiger partial charge in [-0.3, -0.25) is 9.89 Å². The maximum atomic E-state index is 5.24. The van der Waals surface area contributed by atoms with Crippen LogP contribution in [0.2, 0.25) is 0 Å². The second kappa shape index (κ2) is 10.4. The lowest BCUT2D eigenvalue weighted by atomic mass is 10.2. The molecular weight excluding hydrogens is 338 g/mol. The Labute approximate surface area is 164 Å². The maximum absolute atomic E-state index is 5.24. The Hall–Kier alpha value is -1.95. The van der Waals surface area contributed by atoms with Crippen molar-refractivity contribution in [3.05, 3.63) is 24.3 Å². The molecule has 6 heteroatoms. The van der Waals surface area contributed by atoms with Gasteiger partial charge in [0.05, 0.1) is 7.11 Å². The zero-order valence-corrected chi connectivity index (χ0v) is 16.9. The van der Waals surface area contributed by atoms with Gasteiger partial charge in [-0.25, -0.2) is 0 Å². The fourth-order valence-corrected chi connectivity index (χ4v) is 3.99. The maximum Gasteiger partial charge on any atom is 0.191 e. The predicted molar refractivity (Wildman–Crippen MR) is 113 cm³/mol. The van der Waals surface area contributed by atoms with Crippen molar-refractivity contribution >= 4 is 11.6 Å². The van der Waals surface area contributed by atoms with Gasteiger partial charge in [-0.15, -0.1) is 0 Å². The average molecular weight is 374 g/mol. The molecule has 0 aromatic heterocycles. The summed E-state index contributed by atoms with van der Waals surface area (Å²) in [5, 5.41) is 7.02. The van der Waals surface area contributed by atoms with Crippen molar-refractivity contribution in [2.45, 2.75) is 38.1 Å². The summed E-state index contributed by atoms with van der Waals surface area (Å²) in [5.41, 5.74) is 1.29. The van der Waals surface area contributed by atoms with Gasteiger partial charge in [0, 0.05) is 51.5 Å². The number of ether oxygens (including phenoxy) is 1. The Balaban J connectivity index is 1.31. The first-order valence-electron chi connectivity index (χ1n) is 10.4. The van der Waals surface area contributed by atoms with Crippen molar-refractivity contribution in [2.75, 3.05) is 58.3 Å². The Morgan fingerprint density at radius 3 is 2.44 bits per heavy atom. The van der Waals surface area contributed by atoms with E-state index < -0.39 is 0 Å². The van der Waals surface area contributed by atoms with Crippen LogP contribution in [0.5, 0.6) is 5.75 Å². The molecule has 2 aliphatic rings. The molecule has 3 rings (SSSR count). The number of piperazine rings is 1. The third-order valence-corrected chi connectivity index (χ3v) is 5.67. The van der Waals surface area contributed by atoms with Gasteiger partial charge in [-0.2, -0.15) is 0 Å². The minimum Gasteiger partial charge on any atom is -0.497 e. The highest BCUT2D eigenvalue weighted by molar-refractivity contribution is 5.79. The van der Waals surface area contributed by atoms with Gasteiger partial charge in [-0.1, -0.05) is 12.8 Å². The first kappa shape index (κ1) is 19.8. The van der Waals surface area contributed by atoms with Crippen LogP contribution in [0.3, 0.4) is 0 Å². The van der Waals surface area contributed by atoms with Crippen LogP contribution in [0.4, 0.5) is 5.69 Å². The molecule has 1 aliphatic heterocycles. The van der Waals surface area contributed by atoms with Gasteiger partial charge < -0.3 is 20.3 Å². The summed E-state index contributed by atoms with van der Waals surface area (Å²) in [6.07, 6.45) is 6.39. The van der Waals surface area contributed by atoms with E-state index >= 15 is 0 Å². The van der Waals surface area contributed by atoms with E-state index in [0.29, 0.717) is 6.04 Å². The summed E-state index contributed by atoms with van der Waals surface area (Å²) in [7, 11) is 3.57. The van der Waals surface area contributed by atoms with Crippen molar-refractivity contribution in [3.63, 3.8) is 0 Å². The molecule has 1 saturated heterocycles. The highest BCUT2D eigenvalue weighted by atomic mass is 16.5. The molecule has 1 aromatic carbocycles. The van der Waals surface area contributed by atoms with E-state index in [1.807, 2.05) is 19.2 Å². The Morgan fingerprint density at radius 1 is 1.11 bits per heavy atom. The van der Waals surface area contributed by atoms with E-state index in [-0.39, 0.29) is 0 Å². The first-order valence-corrected chi connectivity index (χ1v) is 10.4. The van der Waals surface area contributed by atoms with Crippen LogP contribution in [0.15, 0.2) is 29.3 Å². The summed E-state index contributed by atoms with van der Waals surface area (Å²) < 4.78 is 5.24. The zero-order valence-electron chi connectivity index (χ0n) is 16.9. The molecular formula is C21H35N5O. The van der Waals surface area contributed by atoms with E-state index in [1.54, 1.807) is 7.11 Å². The van der Waals surface area contributed by atoms with Gasteiger partial charge in [0.2, 0.25) is 0 Å². The SMILES string of the molecule is CN=C(NCCCN1CCN(c2ccc(OC)cc2)CC1)NC1CCCC1. The van der Waals surface area contributed by atoms with Crippen molar-refractivity contribution in [1.29, 1.82) is 0 Å². The van der Waals surface area contributed by atoms with Crippen LogP contribution in [-0.4, -0.2) is 70.3 Å². The minimum absolute atomic E-state index is 0.613. The smallest absolute Gasteiger partial charge is 0.191 e. The number of benzene rings is 1. The number of nitrogens with zero attached hydrogens (tertiary/aromatic N) is 3. The number of methoxy groups -OCH3 is 1. The molecule has 0 spiro atoms. The average Bonchev–Trinajstić information content (AvgIpc) is 3.24. The third kappa shape index (κ3) is 6.03. The summed E-state index contributed by atoms with van der Waals surface area (Å²) in [4.78, 5) is 9.38. The summed E-state index contributed by atoms with van der Waals surface area (Å²) >= 11 is 0. The van der Waals surface area contributed by atoms with Gasteiger partial charge in [0.15, 0.2) is 5.96 Å². The lowest BCUT2D eigenvalue weighted by Gasteiger charge is -2.36. The molecule has 150 valence electrons. The van der Waals surface area contributed by atoms with Crippen molar-refractivity contribution in [3.8, 4) is 5.75 Å². The van der Waals surface area contributed by atoms with E-state index in [1.165, 1.54) is 31.4 Å². The Kier molecular flexibility index (Phi) is 7.63. The van der Waals surface area contributed by atoms with Crippen LogP contribution in [0.1, 0.15) is 32.1 Å². The normalized spacial score (nSPS) is 19.3. The molecule has 1 aliphatic carbocycles. The zero-order chi connectivity index (χ0) is 18.9.